The quantitative estimate of drug-likeness (QED) is 0.516. The van der Waals surface area contributed by atoms with Gasteiger partial charge in [-0.2, -0.15) is 0 Å². The first-order valence-electron chi connectivity index (χ1n) is 8.46. The third-order valence-corrected chi connectivity index (χ3v) is 3.98. The van der Waals surface area contributed by atoms with Gasteiger partial charge in [0.2, 0.25) is 0 Å². The van der Waals surface area contributed by atoms with Crippen LogP contribution in [0.25, 0.3) is 5.57 Å². The summed E-state index contributed by atoms with van der Waals surface area (Å²) in [4.78, 5) is 14.5. The molecule has 0 saturated heterocycles. The Morgan fingerprint density at radius 1 is 0.920 bits per heavy atom. The molecule has 0 fully saturated rings. The molecule has 3 nitrogen and oxygen atoms in total. The first-order valence-corrected chi connectivity index (χ1v) is 8.46. The fourth-order valence-electron chi connectivity index (χ4n) is 2.54. The van der Waals surface area contributed by atoms with Gasteiger partial charge in [-0.3, -0.25) is 0 Å². The molecule has 0 radical (unpaired) electrons. The van der Waals surface area contributed by atoms with E-state index in [1.54, 1.807) is 6.08 Å². The van der Waals surface area contributed by atoms with Gasteiger partial charge < -0.3 is 9.64 Å². The molecule has 0 amide bonds. The summed E-state index contributed by atoms with van der Waals surface area (Å²) < 4.78 is 5.39. The normalized spacial score (nSPS) is 10.0. The van der Waals surface area contributed by atoms with Crippen molar-refractivity contribution in [1.82, 2.24) is 4.90 Å². The monoisotopic (exact) mass is 359 g/mol. The van der Waals surface area contributed by atoms with Crippen molar-refractivity contribution in [1.29, 1.82) is 0 Å². The topological polar surface area (TPSA) is 29.5 Å². The SMILES string of the molecule is CCN(CC)CCOC(=O)C=C(c1ccccc1)c1ccccc1.Cl. The Morgan fingerprint density at radius 3 is 1.84 bits per heavy atom. The molecule has 0 aliphatic rings. The summed E-state index contributed by atoms with van der Waals surface area (Å²) in [5.41, 5.74) is 2.89. The van der Waals surface area contributed by atoms with Crippen molar-refractivity contribution in [3.05, 3.63) is 77.9 Å². The van der Waals surface area contributed by atoms with Crippen molar-refractivity contribution in [2.75, 3.05) is 26.2 Å². The maximum Gasteiger partial charge on any atom is 0.331 e. The van der Waals surface area contributed by atoms with Crippen LogP contribution >= 0.6 is 12.4 Å². The molecule has 0 atom stereocenters. The Balaban J connectivity index is 0.00000312. The number of hydrogen-bond acceptors (Lipinski definition) is 3. The van der Waals surface area contributed by atoms with E-state index in [1.165, 1.54) is 0 Å². The highest BCUT2D eigenvalue weighted by Gasteiger charge is 2.09. The molecule has 0 aliphatic heterocycles. The fraction of sp³-hybridized carbons (Fsp3) is 0.286. The maximum atomic E-state index is 12.2. The molecule has 134 valence electrons. The molecule has 2 aromatic carbocycles. The van der Waals surface area contributed by atoms with E-state index < -0.39 is 0 Å². The second-order valence-electron chi connectivity index (χ2n) is 5.48. The Hall–Kier alpha value is -2.10. The zero-order chi connectivity index (χ0) is 17.2. The van der Waals surface area contributed by atoms with Crippen LogP contribution in [0.15, 0.2) is 66.7 Å². The molecule has 0 heterocycles. The van der Waals surface area contributed by atoms with E-state index >= 15 is 0 Å². The van der Waals surface area contributed by atoms with Gasteiger partial charge in [-0.25, -0.2) is 4.79 Å². The van der Waals surface area contributed by atoms with Crippen molar-refractivity contribution in [3.8, 4) is 0 Å². The van der Waals surface area contributed by atoms with Crippen LogP contribution < -0.4 is 0 Å². The van der Waals surface area contributed by atoms with Crippen LogP contribution in [0.2, 0.25) is 0 Å². The Labute approximate surface area is 156 Å². The fourth-order valence-corrected chi connectivity index (χ4v) is 2.54. The van der Waals surface area contributed by atoms with Crippen LogP contribution in [-0.2, 0) is 9.53 Å². The van der Waals surface area contributed by atoms with E-state index in [1.807, 2.05) is 60.7 Å². The number of esters is 1. The standard InChI is InChI=1S/C21H25NO2.ClH/c1-3-22(4-2)15-16-24-21(23)17-20(18-11-7-5-8-12-18)19-13-9-6-10-14-19;/h5-14,17H,3-4,15-16H2,1-2H3;1H. The minimum atomic E-state index is -0.301. The van der Waals surface area contributed by atoms with Crippen LogP contribution in [-0.4, -0.2) is 37.1 Å². The summed E-state index contributed by atoms with van der Waals surface area (Å²) in [7, 11) is 0. The number of carbonyl (C=O) groups excluding carboxylic acids is 1. The zero-order valence-corrected chi connectivity index (χ0v) is 15.7. The number of rotatable bonds is 8. The van der Waals surface area contributed by atoms with Gasteiger partial charge in [-0.1, -0.05) is 74.5 Å². The van der Waals surface area contributed by atoms with Gasteiger partial charge in [0.25, 0.3) is 0 Å². The van der Waals surface area contributed by atoms with Gasteiger partial charge in [0.1, 0.15) is 6.61 Å². The maximum absolute atomic E-state index is 12.2. The Kier molecular flexibility index (Phi) is 9.60. The van der Waals surface area contributed by atoms with Gasteiger partial charge in [0.05, 0.1) is 0 Å². The van der Waals surface area contributed by atoms with E-state index in [0.717, 1.165) is 36.3 Å². The second-order valence-corrected chi connectivity index (χ2v) is 5.48. The van der Waals surface area contributed by atoms with Crippen LogP contribution in [0.4, 0.5) is 0 Å². The first kappa shape index (κ1) is 20.9. The van der Waals surface area contributed by atoms with Gasteiger partial charge in [-0.05, 0) is 29.8 Å². The molecule has 0 spiro atoms. The molecule has 0 aliphatic carbocycles. The summed E-state index contributed by atoms with van der Waals surface area (Å²) in [5, 5.41) is 0. The lowest BCUT2D eigenvalue weighted by molar-refractivity contribution is -0.138. The molecule has 0 saturated carbocycles. The van der Waals surface area contributed by atoms with Crippen LogP contribution in [0.1, 0.15) is 25.0 Å². The van der Waals surface area contributed by atoms with Crippen molar-refractivity contribution in [2.24, 2.45) is 0 Å². The number of ether oxygens (including phenoxy) is 1. The van der Waals surface area contributed by atoms with E-state index in [4.69, 9.17) is 4.74 Å². The number of hydrogen-bond donors (Lipinski definition) is 0. The molecule has 2 rings (SSSR count). The van der Waals surface area contributed by atoms with Crippen molar-refractivity contribution >= 4 is 23.9 Å². The molecular formula is C21H26ClNO2. The summed E-state index contributed by atoms with van der Waals surface area (Å²) in [6, 6.07) is 19.8. The summed E-state index contributed by atoms with van der Waals surface area (Å²) in [6.45, 7) is 7.31. The number of carbonyl (C=O) groups is 1. The van der Waals surface area contributed by atoms with Gasteiger partial charge in [0, 0.05) is 12.6 Å². The molecule has 0 N–H and O–H groups in total. The third-order valence-electron chi connectivity index (χ3n) is 3.98. The highest BCUT2D eigenvalue weighted by atomic mass is 35.5. The smallest absolute Gasteiger partial charge is 0.331 e. The third kappa shape index (κ3) is 6.73. The molecule has 4 heteroatoms. The predicted octanol–water partition coefficient (Wildman–Crippen LogP) is 4.43. The molecule has 0 aromatic heterocycles. The lowest BCUT2D eigenvalue weighted by atomic mass is 9.98. The minimum absolute atomic E-state index is 0. The number of benzene rings is 2. The summed E-state index contributed by atoms with van der Waals surface area (Å²) in [6.07, 6.45) is 1.59. The largest absolute Gasteiger partial charge is 0.461 e. The van der Waals surface area contributed by atoms with Gasteiger partial charge in [-0.15, -0.1) is 12.4 Å². The van der Waals surface area contributed by atoms with Crippen molar-refractivity contribution in [3.63, 3.8) is 0 Å². The van der Waals surface area contributed by atoms with E-state index in [2.05, 4.69) is 18.7 Å². The summed E-state index contributed by atoms with van der Waals surface area (Å²) >= 11 is 0. The van der Waals surface area contributed by atoms with Crippen LogP contribution in [0.5, 0.6) is 0 Å². The molecule has 2 aromatic rings. The minimum Gasteiger partial charge on any atom is -0.461 e. The van der Waals surface area contributed by atoms with Crippen molar-refractivity contribution < 1.29 is 9.53 Å². The highest BCUT2D eigenvalue weighted by Crippen LogP contribution is 2.23. The number of nitrogens with zero attached hydrogens (tertiary/aromatic N) is 1. The van der Waals surface area contributed by atoms with E-state index in [-0.39, 0.29) is 18.4 Å². The predicted molar refractivity (Wildman–Crippen MR) is 106 cm³/mol. The second kappa shape index (κ2) is 11.5. The Morgan fingerprint density at radius 2 is 1.40 bits per heavy atom. The lowest BCUT2D eigenvalue weighted by Crippen LogP contribution is -2.27. The molecule has 25 heavy (non-hydrogen) atoms. The van der Waals surface area contributed by atoms with Crippen molar-refractivity contribution in [2.45, 2.75) is 13.8 Å². The molecular weight excluding hydrogens is 334 g/mol. The number of likely N-dealkylation sites (N-methyl/N-ethyl adjacent to an activating group) is 1. The highest BCUT2D eigenvalue weighted by molar-refractivity contribution is 5.96. The lowest BCUT2D eigenvalue weighted by Gasteiger charge is -2.17. The van der Waals surface area contributed by atoms with Gasteiger partial charge in [0.15, 0.2) is 0 Å². The molecule has 0 bridgehead atoms. The van der Waals surface area contributed by atoms with Gasteiger partial charge >= 0.3 is 5.97 Å². The van der Waals surface area contributed by atoms with Crippen LogP contribution in [0, 0.1) is 0 Å². The van der Waals surface area contributed by atoms with Crippen LogP contribution in [0.3, 0.4) is 0 Å². The zero-order valence-electron chi connectivity index (χ0n) is 14.9. The molecule has 0 unspecified atom stereocenters. The first-order chi connectivity index (χ1) is 11.7. The van der Waals surface area contributed by atoms with E-state index in [0.29, 0.717) is 6.61 Å². The van der Waals surface area contributed by atoms with E-state index in [9.17, 15) is 4.79 Å². The average Bonchev–Trinajstić information content (AvgIpc) is 2.65. The Bertz CT molecular complexity index is 611. The summed E-state index contributed by atoms with van der Waals surface area (Å²) in [5.74, 6) is -0.301. The number of halogens is 1. The average molecular weight is 360 g/mol.